The van der Waals surface area contributed by atoms with Crippen molar-refractivity contribution >= 4 is 21.4 Å². The number of nitro groups is 1. The zero-order chi connectivity index (χ0) is 18.0. The van der Waals surface area contributed by atoms with Crippen LogP contribution in [0.3, 0.4) is 0 Å². The highest BCUT2D eigenvalue weighted by Crippen LogP contribution is 2.27. The molecular weight excluding hydrogens is 342 g/mol. The van der Waals surface area contributed by atoms with Gasteiger partial charge in [0.1, 0.15) is 0 Å². The van der Waals surface area contributed by atoms with Gasteiger partial charge < -0.3 is 4.90 Å². The predicted octanol–water partition coefficient (Wildman–Crippen LogP) is 2.41. The van der Waals surface area contributed by atoms with E-state index in [-0.39, 0.29) is 10.6 Å². The van der Waals surface area contributed by atoms with Crippen molar-refractivity contribution < 1.29 is 13.3 Å². The largest absolute Gasteiger partial charge is 0.369 e. The third-order valence-electron chi connectivity index (χ3n) is 4.29. The van der Waals surface area contributed by atoms with Crippen LogP contribution in [0.4, 0.5) is 11.4 Å². The average molecular weight is 361 g/mol. The number of hydrogen-bond acceptors (Lipinski definition) is 5. The molecule has 0 bridgehead atoms. The van der Waals surface area contributed by atoms with Crippen molar-refractivity contribution in [1.29, 1.82) is 0 Å². The zero-order valence-electron chi connectivity index (χ0n) is 13.8. The van der Waals surface area contributed by atoms with Crippen LogP contribution in [0.25, 0.3) is 0 Å². The first kappa shape index (κ1) is 17.4. The first-order chi connectivity index (χ1) is 11.9. The Morgan fingerprint density at radius 3 is 2.32 bits per heavy atom. The van der Waals surface area contributed by atoms with Crippen molar-refractivity contribution in [2.75, 3.05) is 31.1 Å². The summed E-state index contributed by atoms with van der Waals surface area (Å²) in [6.07, 6.45) is 0. The number of para-hydroxylation sites is 1. The Morgan fingerprint density at radius 2 is 1.68 bits per heavy atom. The van der Waals surface area contributed by atoms with Crippen molar-refractivity contribution in [3.63, 3.8) is 0 Å². The van der Waals surface area contributed by atoms with Crippen LogP contribution in [-0.2, 0) is 10.0 Å². The number of aryl methyl sites for hydroxylation is 1. The first-order valence-electron chi connectivity index (χ1n) is 7.95. The Hall–Kier alpha value is -2.45. The number of nitro benzene ring substituents is 1. The van der Waals surface area contributed by atoms with Gasteiger partial charge >= 0.3 is 0 Å². The van der Waals surface area contributed by atoms with Gasteiger partial charge in [-0.1, -0.05) is 24.3 Å². The Bertz CT molecular complexity index is 890. The monoisotopic (exact) mass is 361 g/mol. The normalized spacial score (nSPS) is 16.0. The summed E-state index contributed by atoms with van der Waals surface area (Å²) in [4.78, 5) is 12.4. The molecule has 25 heavy (non-hydrogen) atoms. The molecule has 7 nitrogen and oxygen atoms in total. The van der Waals surface area contributed by atoms with Gasteiger partial charge in [-0.25, -0.2) is 8.42 Å². The summed E-state index contributed by atoms with van der Waals surface area (Å²) < 4.78 is 26.9. The minimum atomic E-state index is -3.89. The van der Waals surface area contributed by atoms with Crippen LogP contribution in [0.5, 0.6) is 0 Å². The molecule has 1 fully saturated rings. The maximum absolute atomic E-state index is 12.8. The van der Waals surface area contributed by atoms with Crippen LogP contribution in [0.2, 0.25) is 0 Å². The smallest absolute Gasteiger partial charge is 0.289 e. The summed E-state index contributed by atoms with van der Waals surface area (Å²) in [5.41, 5.74) is 1.82. The molecule has 0 radical (unpaired) electrons. The minimum absolute atomic E-state index is 0.246. The number of nitrogens with zero attached hydrogens (tertiary/aromatic N) is 3. The summed E-state index contributed by atoms with van der Waals surface area (Å²) in [6, 6.07) is 13.5. The van der Waals surface area contributed by atoms with E-state index in [0.29, 0.717) is 26.2 Å². The summed E-state index contributed by atoms with van der Waals surface area (Å²) in [6.45, 7) is 3.69. The van der Waals surface area contributed by atoms with E-state index in [1.165, 1.54) is 28.6 Å². The lowest BCUT2D eigenvalue weighted by Crippen LogP contribution is -2.48. The molecule has 132 valence electrons. The van der Waals surface area contributed by atoms with Crippen molar-refractivity contribution in [2.24, 2.45) is 0 Å². The summed E-state index contributed by atoms with van der Waals surface area (Å²) in [7, 11) is -3.89. The molecule has 2 aromatic rings. The molecule has 1 aliphatic rings. The molecule has 1 aliphatic heterocycles. The molecular formula is C17H19N3O4S. The van der Waals surface area contributed by atoms with E-state index in [4.69, 9.17) is 0 Å². The van der Waals surface area contributed by atoms with Crippen molar-refractivity contribution in [3.8, 4) is 0 Å². The molecule has 2 aromatic carbocycles. The standard InChI is InChI=1S/C17H19N3O4S/c1-14-5-4-6-15(13-14)18-9-11-19(12-10-18)25(23,24)17-8-3-2-7-16(17)20(21)22/h2-8,13H,9-12H2,1H3. The fourth-order valence-electron chi connectivity index (χ4n) is 2.98. The number of anilines is 1. The molecule has 0 amide bonds. The highest BCUT2D eigenvalue weighted by atomic mass is 32.2. The topological polar surface area (TPSA) is 83.8 Å². The number of benzene rings is 2. The number of piperazine rings is 1. The van der Waals surface area contributed by atoms with Crippen LogP contribution in [0.1, 0.15) is 5.56 Å². The van der Waals surface area contributed by atoms with E-state index < -0.39 is 14.9 Å². The van der Waals surface area contributed by atoms with E-state index in [2.05, 4.69) is 11.0 Å². The lowest BCUT2D eigenvalue weighted by atomic mass is 10.2. The fourth-order valence-corrected chi connectivity index (χ4v) is 4.56. The number of rotatable bonds is 4. The quantitative estimate of drug-likeness (QED) is 0.617. The maximum Gasteiger partial charge on any atom is 0.289 e. The van der Waals surface area contributed by atoms with Gasteiger partial charge in [0.2, 0.25) is 10.0 Å². The third-order valence-corrected chi connectivity index (χ3v) is 6.23. The second kappa shape index (κ2) is 6.81. The van der Waals surface area contributed by atoms with Gasteiger partial charge in [0.05, 0.1) is 4.92 Å². The Balaban J connectivity index is 1.79. The van der Waals surface area contributed by atoms with Crippen molar-refractivity contribution in [3.05, 3.63) is 64.2 Å². The highest BCUT2D eigenvalue weighted by molar-refractivity contribution is 7.89. The van der Waals surface area contributed by atoms with Gasteiger partial charge in [0, 0.05) is 37.9 Å². The minimum Gasteiger partial charge on any atom is -0.369 e. The van der Waals surface area contributed by atoms with Gasteiger partial charge in [-0.3, -0.25) is 10.1 Å². The van der Waals surface area contributed by atoms with E-state index in [1.807, 2.05) is 25.1 Å². The molecule has 0 aromatic heterocycles. The average Bonchev–Trinajstić information content (AvgIpc) is 2.62. The van der Waals surface area contributed by atoms with Crippen molar-refractivity contribution in [2.45, 2.75) is 11.8 Å². The molecule has 0 atom stereocenters. The third kappa shape index (κ3) is 3.49. The highest BCUT2D eigenvalue weighted by Gasteiger charge is 2.33. The Kier molecular flexibility index (Phi) is 4.73. The second-order valence-electron chi connectivity index (χ2n) is 5.95. The lowest BCUT2D eigenvalue weighted by molar-refractivity contribution is -0.387. The fraction of sp³-hybridized carbons (Fsp3) is 0.294. The molecule has 0 spiro atoms. The van der Waals surface area contributed by atoms with Crippen LogP contribution in [0, 0.1) is 17.0 Å². The summed E-state index contributed by atoms with van der Waals surface area (Å²) >= 11 is 0. The molecule has 8 heteroatoms. The molecule has 3 rings (SSSR count). The van der Waals surface area contributed by atoms with Gasteiger partial charge in [-0.05, 0) is 30.7 Å². The molecule has 0 saturated carbocycles. The predicted molar refractivity (Wildman–Crippen MR) is 95.2 cm³/mol. The van der Waals surface area contributed by atoms with Crippen LogP contribution in [-0.4, -0.2) is 43.8 Å². The van der Waals surface area contributed by atoms with Crippen molar-refractivity contribution in [1.82, 2.24) is 4.31 Å². The molecule has 1 saturated heterocycles. The van der Waals surface area contributed by atoms with Gasteiger partial charge in [-0.2, -0.15) is 4.31 Å². The SMILES string of the molecule is Cc1cccc(N2CCN(S(=O)(=O)c3ccccc3[N+](=O)[O-])CC2)c1. The lowest BCUT2D eigenvalue weighted by Gasteiger charge is -2.35. The van der Waals surface area contributed by atoms with Gasteiger partial charge in [0.15, 0.2) is 4.90 Å². The van der Waals surface area contributed by atoms with Gasteiger partial charge in [-0.15, -0.1) is 0 Å². The second-order valence-corrected chi connectivity index (χ2v) is 7.86. The summed E-state index contributed by atoms with van der Waals surface area (Å²) in [5.74, 6) is 0. The Labute approximate surface area is 146 Å². The molecule has 1 heterocycles. The Morgan fingerprint density at radius 1 is 1.00 bits per heavy atom. The molecule has 0 aliphatic carbocycles. The van der Waals surface area contributed by atoms with E-state index >= 15 is 0 Å². The first-order valence-corrected chi connectivity index (χ1v) is 9.39. The van der Waals surface area contributed by atoms with E-state index in [9.17, 15) is 18.5 Å². The van der Waals surface area contributed by atoms with Crippen LogP contribution in [0.15, 0.2) is 53.4 Å². The maximum atomic E-state index is 12.8. The molecule has 0 N–H and O–H groups in total. The van der Waals surface area contributed by atoms with Gasteiger partial charge in [0.25, 0.3) is 5.69 Å². The van der Waals surface area contributed by atoms with E-state index in [1.54, 1.807) is 0 Å². The van der Waals surface area contributed by atoms with Crippen LogP contribution >= 0.6 is 0 Å². The number of sulfonamides is 1. The van der Waals surface area contributed by atoms with E-state index in [0.717, 1.165) is 11.3 Å². The number of hydrogen-bond donors (Lipinski definition) is 0. The molecule has 0 unspecified atom stereocenters. The van der Waals surface area contributed by atoms with Crippen LogP contribution < -0.4 is 4.90 Å². The summed E-state index contributed by atoms with van der Waals surface area (Å²) in [5, 5.41) is 11.1. The zero-order valence-corrected chi connectivity index (χ0v) is 14.6.